The molecule has 0 aliphatic heterocycles. The highest BCUT2D eigenvalue weighted by Gasteiger charge is 2.28. The van der Waals surface area contributed by atoms with Gasteiger partial charge < -0.3 is 10.1 Å². The van der Waals surface area contributed by atoms with Crippen molar-refractivity contribution in [3.8, 4) is 5.75 Å². The van der Waals surface area contributed by atoms with Crippen LogP contribution in [-0.2, 0) is 23.1 Å². The van der Waals surface area contributed by atoms with Crippen LogP contribution in [-0.4, -0.2) is 26.4 Å². The van der Waals surface area contributed by atoms with E-state index in [-0.39, 0.29) is 29.5 Å². The quantitative estimate of drug-likeness (QED) is 0.378. The number of pyridine rings is 1. The van der Waals surface area contributed by atoms with E-state index in [0.717, 1.165) is 5.56 Å². The zero-order chi connectivity index (χ0) is 24.7. The van der Waals surface area contributed by atoms with Gasteiger partial charge in [0.2, 0.25) is 0 Å². The van der Waals surface area contributed by atoms with Crippen LogP contribution in [0.1, 0.15) is 21.6 Å². The lowest BCUT2D eigenvalue weighted by Crippen LogP contribution is -2.31. The third-order valence-corrected chi connectivity index (χ3v) is 7.12. The van der Waals surface area contributed by atoms with Gasteiger partial charge in [-0.15, -0.1) is 0 Å². The van der Waals surface area contributed by atoms with E-state index < -0.39 is 10.0 Å². The van der Waals surface area contributed by atoms with Crippen molar-refractivity contribution in [1.29, 1.82) is 0 Å². The first-order chi connectivity index (χ1) is 17.0. The van der Waals surface area contributed by atoms with Gasteiger partial charge in [0.1, 0.15) is 5.75 Å². The van der Waals surface area contributed by atoms with Crippen LogP contribution in [0.3, 0.4) is 0 Å². The molecule has 0 bridgehead atoms. The van der Waals surface area contributed by atoms with E-state index in [1.54, 1.807) is 54.7 Å². The van der Waals surface area contributed by atoms with Gasteiger partial charge in [0.15, 0.2) is 0 Å². The fraction of sp³-hybridized carbons (Fsp3) is 0.111. The van der Waals surface area contributed by atoms with Crippen molar-refractivity contribution in [1.82, 2.24) is 10.3 Å². The summed E-state index contributed by atoms with van der Waals surface area (Å²) in [5.74, 6) is 0.0378. The zero-order valence-corrected chi connectivity index (χ0v) is 20.0. The number of hydrogen-bond donors (Lipinski definition) is 1. The van der Waals surface area contributed by atoms with Crippen LogP contribution in [0.4, 0.5) is 5.69 Å². The summed E-state index contributed by atoms with van der Waals surface area (Å²) < 4.78 is 34.5. The minimum absolute atomic E-state index is 0.00447. The number of benzene rings is 3. The van der Waals surface area contributed by atoms with Gasteiger partial charge >= 0.3 is 0 Å². The number of carbonyl (C=O) groups excluding carboxylic acids is 1. The molecular weight excluding hydrogens is 462 g/mol. The zero-order valence-electron chi connectivity index (χ0n) is 19.2. The van der Waals surface area contributed by atoms with Crippen molar-refractivity contribution >= 4 is 21.6 Å². The van der Waals surface area contributed by atoms with Crippen LogP contribution in [0.15, 0.2) is 108 Å². The molecule has 0 saturated carbocycles. The Labute approximate surface area is 205 Å². The Morgan fingerprint density at radius 1 is 0.914 bits per heavy atom. The summed E-state index contributed by atoms with van der Waals surface area (Å²) in [5, 5.41) is 2.78. The molecule has 0 aliphatic carbocycles. The van der Waals surface area contributed by atoms with E-state index in [1.165, 1.54) is 23.5 Å². The van der Waals surface area contributed by atoms with Gasteiger partial charge in [-0.05, 0) is 48.0 Å². The Balaban J connectivity index is 1.67. The largest absolute Gasteiger partial charge is 0.495 e. The average molecular weight is 488 g/mol. The second-order valence-corrected chi connectivity index (χ2v) is 9.56. The summed E-state index contributed by atoms with van der Waals surface area (Å²) in [7, 11) is -2.55. The van der Waals surface area contributed by atoms with Crippen molar-refractivity contribution < 1.29 is 17.9 Å². The Kier molecular flexibility index (Phi) is 7.42. The van der Waals surface area contributed by atoms with Crippen molar-refractivity contribution in [2.24, 2.45) is 0 Å². The predicted octanol–water partition coefficient (Wildman–Crippen LogP) is 4.42. The molecular formula is C27H25N3O4S. The third kappa shape index (κ3) is 5.67. The van der Waals surface area contributed by atoms with Crippen molar-refractivity contribution in [3.63, 3.8) is 0 Å². The molecule has 1 aromatic heterocycles. The maximum atomic E-state index is 13.9. The molecule has 0 saturated heterocycles. The summed E-state index contributed by atoms with van der Waals surface area (Å²) in [5.41, 5.74) is 2.16. The molecule has 1 heterocycles. The van der Waals surface area contributed by atoms with Crippen molar-refractivity contribution in [3.05, 3.63) is 120 Å². The van der Waals surface area contributed by atoms with Crippen LogP contribution < -0.4 is 14.4 Å². The lowest BCUT2D eigenvalue weighted by atomic mass is 10.2. The maximum absolute atomic E-state index is 13.9. The second kappa shape index (κ2) is 10.8. The van der Waals surface area contributed by atoms with E-state index in [0.29, 0.717) is 17.1 Å². The highest BCUT2D eigenvalue weighted by molar-refractivity contribution is 7.92. The minimum atomic E-state index is -4.05. The maximum Gasteiger partial charge on any atom is 0.264 e. The molecule has 3 aromatic carbocycles. The fourth-order valence-corrected chi connectivity index (χ4v) is 5.10. The monoisotopic (exact) mass is 487 g/mol. The molecule has 0 unspecified atom stereocenters. The topological polar surface area (TPSA) is 88.6 Å². The number of nitrogens with one attached hydrogen (secondary N) is 1. The first-order valence-electron chi connectivity index (χ1n) is 11.0. The van der Waals surface area contributed by atoms with Crippen LogP contribution >= 0.6 is 0 Å². The molecule has 7 nitrogen and oxygen atoms in total. The molecule has 0 fully saturated rings. The van der Waals surface area contributed by atoms with E-state index in [9.17, 15) is 13.2 Å². The molecule has 0 atom stereocenters. The normalized spacial score (nSPS) is 11.0. The Morgan fingerprint density at radius 2 is 1.66 bits per heavy atom. The number of para-hydroxylation sites is 2. The van der Waals surface area contributed by atoms with Gasteiger partial charge in [-0.2, -0.15) is 0 Å². The van der Waals surface area contributed by atoms with Gasteiger partial charge in [-0.3, -0.25) is 14.1 Å². The molecule has 178 valence electrons. The summed E-state index contributed by atoms with van der Waals surface area (Å²) in [6, 6.07) is 27.7. The smallest absolute Gasteiger partial charge is 0.264 e. The van der Waals surface area contributed by atoms with Gasteiger partial charge in [0, 0.05) is 11.8 Å². The van der Waals surface area contributed by atoms with Crippen LogP contribution in [0.5, 0.6) is 5.75 Å². The molecule has 8 heteroatoms. The van der Waals surface area contributed by atoms with E-state index in [2.05, 4.69) is 10.3 Å². The summed E-state index contributed by atoms with van der Waals surface area (Å²) in [6.45, 7) is 0.331. The molecule has 4 aromatic rings. The number of ether oxygens (including phenoxy) is 1. The standard InChI is InChI=1S/C27H25N3O4S/c1-34-26-16-6-5-15-25(26)30(20-21-10-3-2-4-11-21)35(32,33)24-14-9-12-22(18-24)27(31)29-19-23-13-7-8-17-28-23/h2-18H,19-20H2,1H3,(H,29,31). The fourth-order valence-electron chi connectivity index (χ4n) is 3.59. The van der Waals surface area contributed by atoms with Gasteiger partial charge in [0.05, 0.1) is 36.5 Å². The molecule has 4 rings (SSSR count). The SMILES string of the molecule is COc1ccccc1N(Cc1ccccc1)S(=O)(=O)c1cccc(C(=O)NCc2ccccn2)c1. The number of nitrogens with zero attached hydrogens (tertiary/aromatic N) is 2. The second-order valence-electron chi connectivity index (χ2n) is 7.70. The van der Waals surface area contributed by atoms with E-state index in [1.807, 2.05) is 36.4 Å². The molecule has 0 spiro atoms. The Bertz CT molecular complexity index is 1390. The number of amides is 1. The highest BCUT2D eigenvalue weighted by atomic mass is 32.2. The van der Waals surface area contributed by atoms with Crippen molar-refractivity contribution in [2.75, 3.05) is 11.4 Å². The average Bonchev–Trinajstić information content (AvgIpc) is 2.91. The van der Waals surface area contributed by atoms with Gasteiger partial charge in [-0.1, -0.05) is 54.6 Å². The summed E-state index contributed by atoms with van der Waals surface area (Å²) >= 11 is 0. The Morgan fingerprint density at radius 3 is 2.40 bits per heavy atom. The molecule has 1 amide bonds. The van der Waals surface area contributed by atoms with Gasteiger partial charge in [0.25, 0.3) is 15.9 Å². The number of hydrogen-bond acceptors (Lipinski definition) is 5. The van der Waals surface area contributed by atoms with E-state index >= 15 is 0 Å². The lowest BCUT2D eigenvalue weighted by molar-refractivity contribution is 0.0950. The lowest BCUT2D eigenvalue weighted by Gasteiger charge is -2.26. The molecule has 1 N–H and O–H groups in total. The highest BCUT2D eigenvalue weighted by Crippen LogP contribution is 2.33. The van der Waals surface area contributed by atoms with Crippen LogP contribution in [0.2, 0.25) is 0 Å². The summed E-state index contributed by atoms with van der Waals surface area (Å²) in [6.07, 6.45) is 1.65. The number of aromatic nitrogens is 1. The van der Waals surface area contributed by atoms with Crippen molar-refractivity contribution in [2.45, 2.75) is 18.0 Å². The molecule has 0 aliphatic rings. The first-order valence-corrected chi connectivity index (χ1v) is 12.4. The minimum Gasteiger partial charge on any atom is -0.495 e. The number of methoxy groups -OCH3 is 1. The first kappa shape index (κ1) is 24.0. The van der Waals surface area contributed by atoms with E-state index in [4.69, 9.17) is 4.74 Å². The molecule has 35 heavy (non-hydrogen) atoms. The Hall–Kier alpha value is -4.17. The number of rotatable bonds is 9. The van der Waals surface area contributed by atoms with Gasteiger partial charge in [-0.25, -0.2) is 8.42 Å². The summed E-state index contributed by atoms with van der Waals surface area (Å²) in [4.78, 5) is 17.0. The third-order valence-electron chi connectivity index (χ3n) is 5.36. The number of sulfonamides is 1. The number of carbonyl (C=O) groups is 1. The van der Waals surface area contributed by atoms with Crippen LogP contribution in [0.25, 0.3) is 0 Å². The number of anilines is 1. The molecule has 0 radical (unpaired) electrons. The predicted molar refractivity (Wildman–Crippen MR) is 135 cm³/mol. The van der Waals surface area contributed by atoms with Crippen LogP contribution in [0, 0.1) is 0 Å².